The predicted octanol–water partition coefficient (Wildman–Crippen LogP) is 2.77. The zero-order chi connectivity index (χ0) is 11.5. The molecule has 3 heteroatoms. The quantitative estimate of drug-likeness (QED) is 0.809. The molecule has 1 aromatic rings. The van der Waals surface area contributed by atoms with Crippen molar-refractivity contribution in [3.63, 3.8) is 0 Å². The highest BCUT2D eigenvalue weighted by atomic mass is 16.5. The highest BCUT2D eigenvalue weighted by molar-refractivity contribution is 5.41. The maximum Gasteiger partial charge on any atom is 0.122 e. The Kier molecular flexibility index (Phi) is 3.34. The molecule has 0 saturated carbocycles. The second kappa shape index (κ2) is 4.74. The van der Waals surface area contributed by atoms with Gasteiger partial charge in [0.1, 0.15) is 11.5 Å². The largest absolute Gasteiger partial charge is 0.508 e. The lowest BCUT2D eigenvalue weighted by Crippen LogP contribution is -2.23. The molecule has 0 spiro atoms. The average Bonchev–Trinajstić information content (AvgIpc) is 2.29. The smallest absolute Gasteiger partial charge is 0.122 e. The monoisotopic (exact) mass is 222 g/mol. The third kappa shape index (κ3) is 2.30. The first-order valence-electron chi connectivity index (χ1n) is 5.84. The van der Waals surface area contributed by atoms with Crippen LogP contribution in [0.5, 0.6) is 11.5 Å². The molecule has 0 unspecified atom stereocenters. The Hall–Kier alpha value is -1.22. The van der Waals surface area contributed by atoms with Gasteiger partial charge in [0.2, 0.25) is 0 Å². The van der Waals surface area contributed by atoms with Gasteiger partial charge in [0.05, 0.1) is 6.10 Å². The third-order valence-electron chi connectivity index (χ3n) is 3.28. The van der Waals surface area contributed by atoms with E-state index in [9.17, 15) is 10.2 Å². The fourth-order valence-corrected chi connectivity index (χ4v) is 2.32. The van der Waals surface area contributed by atoms with Crippen LogP contribution in [0.1, 0.15) is 37.7 Å². The van der Waals surface area contributed by atoms with Crippen molar-refractivity contribution < 1.29 is 14.9 Å². The number of rotatable bonds is 2. The summed E-state index contributed by atoms with van der Waals surface area (Å²) in [4.78, 5) is 0. The molecule has 1 fully saturated rings. The maximum atomic E-state index is 9.80. The summed E-state index contributed by atoms with van der Waals surface area (Å²) in [7, 11) is 0. The normalized spacial score (nSPS) is 25.6. The Bertz CT molecular complexity index is 362. The Labute approximate surface area is 95.7 Å². The average molecular weight is 222 g/mol. The van der Waals surface area contributed by atoms with E-state index < -0.39 is 0 Å². The van der Waals surface area contributed by atoms with Gasteiger partial charge in [-0.15, -0.1) is 0 Å². The molecule has 1 saturated heterocycles. The van der Waals surface area contributed by atoms with Gasteiger partial charge in [-0.3, -0.25) is 0 Å². The van der Waals surface area contributed by atoms with Crippen LogP contribution in [0, 0.1) is 0 Å². The van der Waals surface area contributed by atoms with Gasteiger partial charge >= 0.3 is 0 Å². The Morgan fingerprint density at radius 3 is 2.88 bits per heavy atom. The van der Waals surface area contributed by atoms with Crippen LogP contribution in [0.25, 0.3) is 0 Å². The molecule has 1 aromatic carbocycles. The molecule has 16 heavy (non-hydrogen) atoms. The van der Waals surface area contributed by atoms with Crippen molar-refractivity contribution in [2.45, 2.75) is 38.2 Å². The van der Waals surface area contributed by atoms with Crippen molar-refractivity contribution in [3.8, 4) is 11.5 Å². The summed E-state index contributed by atoms with van der Waals surface area (Å²) >= 11 is 0. The van der Waals surface area contributed by atoms with Crippen LogP contribution in [0.4, 0.5) is 0 Å². The van der Waals surface area contributed by atoms with Crippen molar-refractivity contribution in [2.75, 3.05) is 6.61 Å². The first kappa shape index (κ1) is 11.3. The number of phenols is 2. The lowest BCUT2D eigenvalue weighted by atomic mass is 9.87. The number of ether oxygens (including phenoxy) is 1. The third-order valence-corrected chi connectivity index (χ3v) is 3.28. The van der Waals surface area contributed by atoms with Gasteiger partial charge in [-0.05, 0) is 36.8 Å². The van der Waals surface area contributed by atoms with Crippen LogP contribution in [-0.2, 0) is 4.74 Å². The standard InChI is InChI=1S/C13H18O3/c1-2-11-7-9(5-6-16-11)12-4-3-10(14)8-13(12)15/h3-4,8-9,11,14-15H,2,5-7H2,1H3/t9-,11-/m0/s1. The van der Waals surface area contributed by atoms with Gasteiger partial charge in [-0.25, -0.2) is 0 Å². The minimum atomic E-state index is 0.111. The van der Waals surface area contributed by atoms with Crippen molar-refractivity contribution in [1.82, 2.24) is 0 Å². The van der Waals surface area contributed by atoms with E-state index in [1.54, 1.807) is 6.07 Å². The van der Waals surface area contributed by atoms with Crippen LogP contribution in [0.2, 0.25) is 0 Å². The Morgan fingerprint density at radius 1 is 1.38 bits per heavy atom. The van der Waals surface area contributed by atoms with Gasteiger partial charge in [0.25, 0.3) is 0 Å². The second-order valence-electron chi connectivity index (χ2n) is 4.37. The van der Waals surface area contributed by atoms with E-state index in [0.29, 0.717) is 12.0 Å². The minimum absolute atomic E-state index is 0.111. The van der Waals surface area contributed by atoms with Crippen LogP contribution < -0.4 is 0 Å². The summed E-state index contributed by atoms with van der Waals surface area (Å²) in [5, 5.41) is 19.1. The topological polar surface area (TPSA) is 49.7 Å². The molecule has 1 aliphatic heterocycles. The molecule has 0 bridgehead atoms. The summed E-state index contributed by atoms with van der Waals surface area (Å²) < 4.78 is 5.61. The van der Waals surface area contributed by atoms with Crippen LogP contribution >= 0.6 is 0 Å². The molecule has 0 aliphatic carbocycles. The van der Waals surface area contributed by atoms with Crippen LogP contribution in [-0.4, -0.2) is 22.9 Å². The van der Waals surface area contributed by atoms with Crippen LogP contribution in [0.15, 0.2) is 18.2 Å². The van der Waals surface area contributed by atoms with E-state index in [1.807, 2.05) is 6.07 Å². The molecule has 0 aromatic heterocycles. The van der Waals surface area contributed by atoms with E-state index in [4.69, 9.17) is 4.74 Å². The van der Waals surface area contributed by atoms with Crippen molar-refractivity contribution in [3.05, 3.63) is 23.8 Å². The predicted molar refractivity (Wildman–Crippen MR) is 61.8 cm³/mol. The van der Waals surface area contributed by atoms with Gasteiger partial charge in [-0.2, -0.15) is 0 Å². The van der Waals surface area contributed by atoms with Crippen LogP contribution in [0.3, 0.4) is 0 Å². The molecular weight excluding hydrogens is 204 g/mol. The lowest BCUT2D eigenvalue weighted by Gasteiger charge is -2.29. The van der Waals surface area contributed by atoms with Gasteiger partial charge in [-0.1, -0.05) is 13.0 Å². The molecule has 0 amide bonds. The highest BCUT2D eigenvalue weighted by Gasteiger charge is 2.24. The van der Waals surface area contributed by atoms with Crippen molar-refractivity contribution in [2.24, 2.45) is 0 Å². The molecular formula is C13H18O3. The number of benzene rings is 1. The molecule has 1 heterocycles. The van der Waals surface area contributed by atoms with Gasteiger partial charge in [0, 0.05) is 12.7 Å². The van der Waals surface area contributed by atoms with E-state index in [-0.39, 0.29) is 11.5 Å². The molecule has 0 radical (unpaired) electrons. The maximum absolute atomic E-state index is 9.80. The molecule has 2 atom stereocenters. The molecule has 1 aliphatic rings. The van der Waals surface area contributed by atoms with Crippen molar-refractivity contribution >= 4 is 0 Å². The lowest BCUT2D eigenvalue weighted by molar-refractivity contribution is 0.00456. The second-order valence-corrected chi connectivity index (χ2v) is 4.37. The Balaban J connectivity index is 2.16. The van der Waals surface area contributed by atoms with Gasteiger partial charge < -0.3 is 14.9 Å². The highest BCUT2D eigenvalue weighted by Crippen LogP contribution is 2.37. The summed E-state index contributed by atoms with van der Waals surface area (Å²) in [6.45, 7) is 2.87. The Morgan fingerprint density at radius 2 is 2.19 bits per heavy atom. The first-order chi connectivity index (χ1) is 7.70. The molecule has 2 N–H and O–H groups in total. The minimum Gasteiger partial charge on any atom is -0.508 e. The first-order valence-corrected chi connectivity index (χ1v) is 5.84. The number of phenolic OH excluding ortho intramolecular Hbond substituents is 2. The summed E-state index contributed by atoms with van der Waals surface area (Å²) in [6, 6.07) is 4.85. The molecule has 88 valence electrons. The summed E-state index contributed by atoms with van der Waals surface area (Å²) in [5.74, 6) is 0.654. The summed E-state index contributed by atoms with van der Waals surface area (Å²) in [5.41, 5.74) is 0.930. The summed E-state index contributed by atoms with van der Waals surface area (Å²) in [6.07, 6.45) is 3.20. The molecule has 3 nitrogen and oxygen atoms in total. The zero-order valence-electron chi connectivity index (χ0n) is 9.52. The van der Waals surface area contributed by atoms with Gasteiger partial charge in [0.15, 0.2) is 0 Å². The fourth-order valence-electron chi connectivity index (χ4n) is 2.32. The van der Waals surface area contributed by atoms with Crippen molar-refractivity contribution in [1.29, 1.82) is 0 Å². The number of hydrogen-bond donors (Lipinski definition) is 2. The number of aromatic hydroxyl groups is 2. The fraction of sp³-hybridized carbons (Fsp3) is 0.538. The van der Waals surface area contributed by atoms with E-state index in [1.165, 1.54) is 6.07 Å². The number of hydrogen-bond acceptors (Lipinski definition) is 3. The van der Waals surface area contributed by atoms with E-state index >= 15 is 0 Å². The van der Waals surface area contributed by atoms with E-state index in [0.717, 1.165) is 31.4 Å². The zero-order valence-corrected chi connectivity index (χ0v) is 9.52. The molecule has 2 rings (SSSR count). The SMILES string of the molecule is CC[C@H]1C[C@@H](c2ccc(O)cc2O)CCO1. The van der Waals surface area contributed by atoms with E-state index in [2.05, 4.69) is 6.92 Å².